The van der Waals surface area contributed by atoms with Crippen molar-refractivity contribution in [2.45, 2.75) is 24.5 Å². The predicted octanol–water partition coefficient (Wildman–Crippen LogP) is 2.32. The Balaban J connectivity index is 1.91. The molecule has 3 rings (SSSR count). The maximum absolute atomic E-state index is 12.6. The minimum atomic E-state index is -0.328. The Hall–Kier alpha value is -2.65. The third kappa shape index (κ3) is 3.94. The lowest BCUT2D eigenvalue weighted by Gasteiger charge is -2.16. The Bertz CT molecular complexity index is 909. The molecule has 9 heteroatoms. The number of aromatic amines is 1. The fraction of sp³-hybridized carbons (Fsp3) is 0.294. The lowest BCUT2D eigenvalue weighted by molar-refractivity contribution is 0.0915. The van der Waals surface area contributed by atoms with Crippen molar-refractivity contribution >= 4 is 40.1 Å². The van der Waals surface area contributed by atoms with Gasteiger partial charge < -0.3 is 15.7 Å². The van der Waals surface area contributed by atoms with Crippen LogP contribution >= 0.6 is 11.8 Å². The van der Waals surface area contributed by atoms with Gasteiger partial charge in [-0.1, -0.05) is 18.7 Å². The molecule has 0 radical (unpaired) electrons. The van der Waals surface area contributed by atoms with E-state index in [1.165, 1.54) is 18.0 Å². The van der Waals surface area contributed by atoms with Crippen LogP contribution in [0.1, 0.15) is 23.7 Å². The number of hydrogen-bond acceptors (Lipinski definition) is 7. The number of hydrogen-bond donors (Lipinski definition) is 4. The number of fused-ring (bicyclic) bond motifs is 1. The molecule has 0 fully saturated rings. The number of thioether (sulfide) groups is 1. The van der Waals surface area contributed by atoms with Crippen molar-refractivity contribution in [3.63, 3.8) is 0 Å². The summed E-state index contributed by atoms with van der Waals surface area (Å²) in [4.78, 5) is 21.2. The lowest BCUT2D eigenvalue weighted by atomic mass is 10.2. The van der Waals surface area contributed by atoms with Gasteiger partial charge in [0.05, 0.1) is 24.4 Å². The molecule has 0 saturated heterocycles. The van der Waals surface area contributed by atoms with Crippen molar-refractivity contribution in [3.8, 4) is 0 Å². The number of anilines is 2. The molecule has 136 valence electrons. The first-order valence-corrected chi connectivity index (χ1v) is 9.40. The summed E-state index contributed by atoms with van der Waals surface area (Å²) in [6.45, 7) is 1.78. The van der Waals surface area contributed by atoms with E-state index >= 15 is 0 Å². The van der Waals surface area contributed by atoms with Crippen molar-refractivity contribution in [1.29, 1.82) is 0 Å². The molecule has 4 N–H and O–H groups in total. The highest BCUT2D eigenvalue weighted by Gasteiger charge is 2.18. The number of nitrogens with zero attached hydrogens (tertiary/aromatic N) is 3. The Morgan fingerprint density at radius 3 is 2.96 bits per heavy atom. The lowest BCUT2D eigenvalue weighted by Crippen LogP contribution is -2.37. The molecule has 1 amide bonds. The number of nitrogens with one attached hydrogen (secondary N) is 3. The van der Waals surface area contributed by atoms with Crippen molar-refractivity contribution in [2.75, 3.05) is 18.2 Å². The van der Waals surface area contributed by atoms with Crippen LogP contribution < -0.4 is 10.6 Å². The molecule has 2 heterocycles. The van der Waals surface area contributed by atoms with E-state index in [9.17, 15) is 9.90 Å². The highest BCUT2D eigenvalue weighted by atomic mass is 32.2. The SMILES string of the molecule is CCC(CO)NC(=O)c1cnc(SC)nc1Nc1ccc2[nH]ncc2c1. The van der Waals surface area contributed by atoms with Gasteiger partial charge in [0, 0.05) is 17.3 Å². The van der Waals surface area contributed by atoms with Gasteiger partial charge in [-0.15, -0.1) is 0 Å². The summed E-state index contributed by atoms with van der Waals surface area (Å²) in [5, 5.41) is 23.7. The number of benzene rings is 1. The first-order valence-electron chi connectivity index (χ1n) is 8.17. The quantitative estimate of drug-likeness (QED) is 0.371. The van der Waals surface area contributed by atoms with E-state index in [0.717, 1.165) is 16.6 Å². The smallest absolute Gasteiger partial charge is 0.256 e. The number of carbonyl (C=O) groups excluding carboxylic acids is 1. The highest BCUT2D eigenvalue weighted by molar-refractivity contribution is 7.98. The summed E-state index contributed by atoms with van der Waals surface area (Å²) >= 11 is 1.39. The number of aliphatic hydroxyl groups is 1. The van der Waals surface area contributed by atoms with Crippen molar-refractivity contribution < 1.29 is 9.90 Å². The molecule has 26 heavy (non-hydrogen) atoms. The van der Waals surface area contributed by atoms with Gasteiger partial charge in [-0.05, 0) is 30.9 Å². The van der Waals surface area contributed by atoms with Gasteiger partial charge in [-0.2, -0.15) is 5.10 Å². The summed E-state index contributed by atoms with van der Waals surface area (Å²) in [5.41, 5.74) is 2.03. The topological polar surface area (TPSA) is 116 Å². The summed E-state index contributed by atoms with van der Waals surface area (Å²) in [6.07, 6.45) is 5.73. The second-order valence-corrected chi connectivity index (χ2v) is 6.45. The van der Waals surface area contributed by atoms with E-state index in [1.807, 2.05) is 31.4 Å². The summed E-state index contributed by atoms with van der Waals surface area (Å²) in [7, 11) is 0. The van der Waals surface area contributed by atoms with Crippen molar-refractivity contribution in [3.05, 3.63) is 36.2 Å². The number of carbonyl (C=O) groups is 1. The van der Waals surface area contributed by atoms with Crippen LogP contribution in [0.15, 0.2) is 35.7 Å². The van der Waals surface area contributed by atoms with Gasteiger partial charge in [-0.25, -0.2) is 9.97 Å². The Morgan fingerprint density at radius 1 is 1.38 bits per heavy atom. The second kappa shape index (κ2) is 8.15. The van der Waals surface area contributed by atoms with Crippen LogP contribution in [0.5, 0.6) is 0 Å². The molecule has 3 aromatic rings. The minimum Gasteiger partial charge on any atom is -0.394 e. The van der Waals surface area contributed by atoms with Gasteiger partial charge in [-0.3, -0.25) is 9.89 Å². The first kappa shape index (κ1) is 18.2. The number of aliphatic hydroxyl groups excluding tert-OH is 1. The number of amides is 1. The van der Waals surface area contributed by atoms with E-state index in [2.05, 4.69) is 30.8 Å². The average Bonchev–Trinajstić information content (AvgIpc) is 3.13. The third-order valence-corrected chi connectivity index (χ3v) is 4.51. The first-order chi connectivity index (χ1) is 12.6. The molecule has 8 nitrogen and oxygen atoms in total. The zero-order valence-electron chi connectivity index (χ0n) is 14.5. The van der Waals surface area contributed by atoms with E-state index in [4.69, 9.17) is 0 Å². The highest BCUT2D eigenvalue weighted by Crippen LogP contribution is 2.24. The molecular formula is C17H20N6O2S. The zero-order chi connectivity index (χ0) is 18.5. The van der Waals surface area contributed by atoms with Crippen LogP contribution in [0, 0.1) is 0 Å². The van der Waals surface area contributed by atoms with E-state index in [1.54, 1.807) is 6.20 Å². The predicted molar refractivity (Wildman–Crippen MR) is 102 cm³/mol. The summed E-state index contributed by atoms with van der Waals surface area (Å²) in [6, 6.07) is 5.40. The molecule has 0 saturated carbocycles. The van der Waals surface area contributed by atoms with Crippen LogP contribution in [-0.4, -0.2) is 50.1 Å². The maximum atomic E-state index is 12.6. The molecule has 0 aliphatic heterocycles. The molecule has 0 bridgehead atoms. The molecule has 1 atom stereocenters. The van der Waals surface area contributed by atoms with Gasteiger partial charge in [0.2, 0.25) is 0 Å². The Morgan fingerprint density at radius 2 is 2.23 bits per heavy atom. The van der Waals surface area contributed by atoms with Crippen LogP contribution in [-0.2, 0) is 0 Å². The Labute approximate surface area is 154 Å². The summed E-state index contributed by atoms with van der Waals surface area (Å²) in [5.74, 6) is 0.0860. The van der Waals surface area contributed by atoms with Crippen LogP contribution in [0.4, 0.5) is 11.5 Å². The molecular weight excluding hydrogens is 352 g/mol. The van der Waals surface area contributed by atoms with Crippen molar-refractivity contribution in [2.24, 2.45) is 0 Å². The fourth-order valence-electron chi connectivity index (χ4n) is 2.42. The van der Waals surface area contributed by atoms with Crippen LogP contribution in [0.3, 0.4) is 0 Å². The molecule has 0 aliphatic carbocycles. The molecule has 0 aliphatic rings. The average molecular weight is 372 g/mol. The van der Waals surface area contributed by atoms with E-state index in [-0.39, 0.29) is 18.6 Å². The normalized spacial score (nSPS) is 12.1. The van der Waals surface area contributed by atoms with Crippen LogP contribution in [0.25, 0.3) is 10.9 Å². The van der Waals surface area contributed by atoms with E-state index < -0.39 is 0 Å². The molecule has 1 aromatic carbocycles. The fourth-order valence-corrected chi connectivity index (χ4v) is 2.76. The third-order valence-electron chi connectivity index (χ3n) is 3.95. The van der Waals surface area contributed by atoms with Gasteiger partial charge in [0.15, 0.2) is 5.16 Å². The molecule has 2 aromatic heterocycles. The Kier molecular flexibility index (Phi) is 5.69. The van der Waals surface area contributed by atoms with E-state index in [0.29, 0.717) is 23.0 Å². The summed E-state index contributed by atoms with van der Waals surface area (Å²) < 4.78 is 0. The standard InChI is InChI=1S/C17H20N6O2S/c1-3-11(9-24)21-16(25)13-8-18-17(26-2)22-15(13)20-12-4-5-14-10(6-12)7-19-23-14/h4-8,11,24H,3,9H2,1-2H3,(H,19,23)(H,21,25)(H,18,20,22). The number of rotatable bonds is 7. The number of aromatic nitrogens is 4. The minimum absolute atomic E-state index is 0.119. The molecule has 1 unspecified atom stereocenters. The largest absolute Gasteiger partial charge is 0.394 e. The second-order valence-electron chi connectivity index (χ2n) is 5.68. The van der Waals surface area contributed by atoms with Crippen molar-refractivity contribution in [1.82, 2.24) is 25.5 Å². The van der Waals surface area contributed by atoms with Crippen LogP contribution in [0.2, 0.25) is 0 Å². The van der Waals surface area contributed by atoms with Gasteiger partial charge >= 0.3 is 0 Å². The maximum Gasteiger partial charge on any atom is 0.256 e. The van der Waals surface area contributed by atoms with Gasteiger partial charge in [0.1, 0.15) is 11.4 Å². The van der Waals surface area contributed by atoms with Gasteiger partial charge in [0.25, 0.3) is 5.91 Å². The number of H-pyrrole nitrogens is 1. The molecule has 0 spiro atoms. The monoisotopic (exact) mass is 372 g/mol. The zero-order valence-corrected chi connectivity index (χ0v) is 15.3.